The number of carbonyl (C=O) groups excluding carboxylic acids is 1. The number of nitrogens with two attached hydrogens (primary N) is 1. The maximum atomic E-state index is 11.1. The third-order valence-electron chi connectivity index (χ3n) is 1.63. The summed E-state index contributed by atoms with van der Waals surface area (Å²) in [6.07, 6.45) is 0.471. The van der Waals surface area contributed by atoms with Gasteiger partial charge in [-0.25, -0.2) is 0 Å². The second-order valence-corrected chi connectivity index (χ2v) is 3.16. The topological polar surface area (TPSA) is 61.6 Å². The van der Waals surface area contributed by atoms with Gasteiger partial charge in [0.05, 0.1) is 13.2 Å². The SMILES string of the molecule is NC(CCS)C(=O)OC1COC1. The number of rotatable bonds is 4. The minimum Gasteiger partial charge on any atom is -0.456 e. The van der Waals surface area contributed by atoms with E-state index in [1.165, 1.54) is 0 Å². The molecule has 0 bridgehead atoms. The Morgan fingerprint density at radius 1 is 1.75 bits per heavy atom. The van der Waals surface area contributed by atoms with Crippen LogP contribution in [0.2, 0.25) is 0 Å². The Hall–Kier alpha value is -0.260. The molecule has 1 aliphatic rings. The first-order chi connectivity index (χ1) is 5.74. The largest absolute Gasteiger partial charge is 0.456 e. The number of hydrogen-bond donors (Lipinski definition) is 2. The third kappa shape index (κ3) is 2.66. The summed E-state index contributed by atoms with van der Waals surface area (Å²) in [5.41, 5.74) is 5.49. The Bertz CT molecular complexity index is 161. The number of hydrogen-bond acceptors (Lipinski definition) is 5. The van der Waals surface area contributed by atoms with Crippen molar-refractivity contribution in [1.82, 2.24) is 0 Å². The second-order valence-electron chi connectivity index (χ2n) is 2.72. The molecular formula is C7H13NO3S. The molecule has 1 saturated heterocycles. The summed E-state index contributed by atoms with van der Waals surface area (Å²) in [4.78, 5) is 11.1. The van der Waals surface area contributed by atoms with Gasteiger partial charge < -0.3 is 15.2 Å². The summed E-state index contributed by atoms with van der Waals surface area (Å²) in [7, 11) is 0. The zero-order chi connectivity index (χ0) is 8.97. The number of ether oxygens (including phenoxy) is 2. The maximum Gasteiger partial charge on any atom is 0.323 e. The third-order valence-corrected chi connectivity index (χ3v) is 1.89. The quantitative estimate of drug-likeness (QED) is 0.468. The molecule has 0 aromatic rings. The predicted octanol–water partition coefficient (Wildman–Crippen LogP) is -0.424. The average molecular weight is 191 g/mol. The van der Waals surface area contributed by atoms with Crippen LogP contribution in [0.1, 0.15) is 6.42 Å². The molecule has 2 N–H and O–H groups in total. The molecule has 1 fully saturated rings. The molecule has 0 aliphatic carbocycles. The molecule has 1 rings (SSSR count). The fourth-order valence-corrected chi connectivity index (χ4v) is 1.07. The molecule has 0 amide bonds. The Kier molecular flexibility index (Phi) is 3.84. The summed E-state index contributed by atoms with van der Waals surface area (Å²) < 4.78 is 9.82. The van der Waals surface area contributed by atoms with Crippen molar-refractivity contribution in [3.63, 3.8) is 0 Å². The van der Waals surface area contributed by atoms with E-state index in [-0.39, 0.29) is 12.1 Å². The van der Waals surface area contributed by atoms with Gasteiger partial charge in [-0.05, 0) is 12.2 Å². The van der Waals surface area contributed by atoms with E-state index >= 15 is 0 Å². The molecule has 1 heterocycles. The van der Waals surface area contributed by atoms with Crippen molar-refractivity contribution in [2.45, 2.75) is 18.6 Å². The van der Waals surface area contributed by atoms with Crippen LogP contribution in [0.15, 0.2) is 0 Å². The molecule has 1 unspecified atom stereocenters. The Balaban J connectivity index is 2.16. The van der Waals surface area contributed by atoms with Gasteiger partial charge in [0.15, 0.2) is 0 Å². The highest BCUT2D eigenvalue weighted by atomic mass is 32.1. The molecule has 0 aromatic heterocycles. The lowest BCUT2D eigenvalue weighted by atomic mass is 10.2. The fourth-order valence-electron chi connectivity index (χ4n) is 0.791. The highest BCUT2D eigenvalue weighted by molar-refractivity contribution is 7.80. The molecule has 4 nitrogen and oxygen atoms in total. The Morgan fingerprint density at radius 3 is 2.83 bits per heavy atom. The fraction of sp³-hybridized carbons (Fsp3) is 0.857. The van der Waals surface area contributed by atoms with Crippen LogP contribution in [0.3, 0.4) is 0 Å². The highest BCUT2D eigenvalue weighted by Gasteiger charge is 2.25. The summed E-state index contributed by atoms with van der Waals surface area (Å²) in [5, 5.41) is 0. The molecular weight excluding hydrogens is 178 g/mol. The lowest BCUT2D eigenvalue weighted by Crippen LogP contribution is -2.43. The molecule has 0 aromatic carbocycles. The normalized spacial score (nSPS) is 19.8. The Morgan fingerprint density at radius 2 is 2.42 bits per heavy atom. The van der Waals surface area contributed by atoms with Crippen molar-refractivity contribution in [3.05, 3.63) is 0 Å². The van der Waals surface area contributed by atoms with E-state index in [9.17, 15) is 4.79 Å². The van der Waals surface area contributed by atoms with Crippen molar-refractivity contribution in [2.24, 2.45) is 5.73 Å². The van der Waals surface area contributed by atoms with E-state index in [2.05, 4.69) is 12.6 Å². The van der Waals surface area contributed by atoms with Crippen LogP contribution in [0.4, 0.5) is 0 Å². The zero-order valence-corrected chi connectivity index (χ0v) is 7.63. The standard InChI is InChI=1S/C7H13NO3S/c8-6(1-2-12)7(9)11-5-3-10-4-5/h5-6,12H,1-4,8H2. The van der Waals surface area contributed by atoms with Gasteiger partial charge in [-0.2, -0.15) is 12.6 Å². The lowest BCUT2D eigenvalue weighted by Gasteiger charge is -2.26. The first kappa shape index (κ1) is 9.83. The predicted molar refractivity (Wildman–Crippen MR) is 47.1 cm³/mol. The zero-order valence-electron chi connectivity index (χ0n) is 6.73. The molecule has 5 heteroatoms. The van der Waals surface area contributed by atoms with E-state index in [0.717, 1.165) is 0 Å². The summed E-state index contributed by atoms with van der Waals surface area (Å²) in [5.74, 6) is 0.245. The van der Waals surface area contributed by atoms with Crippen LogP contribution in [-0.4, -0.2) is 37.1 Å². The van der Waals surface area contributed by atoms with Crippen molar-refractivity contribution >= 4 is 18.6 Å². The highest BCUT2D eigenvalue weighted by Crippen LogP contribution is 2.07. The molecule has 1 aliphatic heterocycles. The van der Waals surface area contributed by atoms with Gasteiger partial charge in [-0.15, -0.1) is 0 Å². The minimum atomic E-state index is -0.539. The summed E-state index contributed by atoms with van der Waals surface area (Å²) in [6.45, 7) is 0.999. The van der Waals surface area contributed by atoms with Crippen LogP contribution < -0.4 is 5.73 Å². The van der Waals surface area contributed by atoms with Crippen molar-refractivity contribution in [2.75, 3.05) is 19.0 Å². The minimum absolute atomic E-state index is 0.0801. The first-order valence-electron chi connectivity index (χ1n) is 3.88. The van der Waals surface area contributed by atoms with Crippen molar-refractivity contribution in [1.29, 1.82) is 0 Å². The van der Waals surface area contributed by atoms with Gasteiger partial charge in [0.1, 0.15) is 12.1 Å². The van der Waals surface area contributed by atoms with Crippen LogP contribution in [-0.2, 0) is 14.3 Å². The first-order valence-corrected chi connectivity index (χ1v) is 4.52. The van der Waals surface area contributed by atoms with Crippen LogP contribution in [0, 0.1) is 0 Å². The van der Waals surface area contributed by atoms with E-state index in [4.69, 9.17) is 15.2 Å². The van der Waals surface area contributed by atoms with E-state index in [1.54, 1.807) is 0 Å². The van der Waals surface area contributed by atoms with E-state index < -0.39 is 6.04 Å². The van der Waals surface area contributed by atoms with Crippen molar-refractivity contribution in [3.8, 4) is 0 Å². The van der Waals surface area contributed by atoms with Gasteiger partial charge in [0.25, 0.3) is 0 Å². The van der Waals surface area contributed by atoms with E-state index in [0.29, 0.717) is 25.4 Å². The van der Waals surface area contributed by atoms with Crippen LogP contribution in [0.5, 0.6) is 0 Å². The molecule has 0 saturated carbocycles. The van der Waals surface area contributed by atoms with Crippen LogP contribution >= 0.6 is 12.6 Å². The van der Waals surface area contributed by atoms with Crippen LogP contribution in [0.25, 0.3) is 0 Å². The summed E-state index contributed by atoms with van der Waals surface area (Å²) >= 11 is 3.97. The van der Waals surface area contributed by atoms with Gasteiger partial charge in [-0.1, -0.05) is 0 Å². The average Bonchev–Trinajstić information content (AvgIpc) is 1.97. The molecule has 70 valence electrons. The van der Waals surface area contributed by atoms with Crippen molar-refractivity contribution < 1.29 is 14.3 Å². The van der Waals surface area contributed by atoms with Gasteiger partial charge in [-0.3, -0.25) is 4.79 Å². The van der Waals surface area contributed by atoms with Gasteiger partial charge >= 0.3 is 5.97 Å². The lowest BCUT2D eigenvalue weighted by molar-refractivity contribution is -0.173. The van der Waals surface area contributed by atoms with E-state index in [1.807, 2.05) is 0 Å². The van der Waals surface area contributed by atoms with Gasteiger partial charge in [0.2, 0.25) is 0 Å². The smallest absolute Gasteiger partial charge is 0.323 e. The number of carbonyl (C=O) groups is 1. The Labute approximate surface area is 76.8 Å². The second kappa shape index (κ2) is 4.69. The number of esters is 1. The van der Waals surface area contributed by atoms with Gasteiger partial charge in [0, 0.05) is 0 Å². The molecule has 12 heavy (non-hydrogen) atoms. The molecule has 0 spiro atoms. The molecule has 1 atom stereocenters. The number of thiol groups is 1. The summed E-state index contributed by atoms with van der Waals surface area (Å²) in [6, 6.07) is -0.539. The maximum absolute atomic E-state index is 11.1. The monoisotopic (exact) mass is 191 g/mol. The molecule has 0 radical (unpaired) electrons.